The van der Waals surface area contributed by atoms with Gasteiger partial charge in [0.15, 0.2) is 0 Å². The third kappa shape index (κ3) is 3.99. The zero-order valence-electron chi connectivity index (χ0n) is 10.9. The number of nitrogens with zero attached hydrogens (tertiary/aromatic N) is 1. The molecule has 0 spiro atoms. The predicted octanol–water partition coefficient (Wildman–Crippen LogP) is 5.68. The lowest BCUT2D eigenvalue weighted by Gasteiger charge is -2.17. The molecule has 2 rings (SSSR count). The molecule has 2 aromatic carbocycles. The van der Waals surface area contributed by atoms with Gasteiger partial charge in [0, 0.05) is 27.8 Å². The van der Waals surface area contributed by atoms with Crippen molar-refractivity contribution in [1.29, 1.82) is 0 Å². The largest absolute Gasteiger partial charge is 0.378 e. The van der Waals surface area contributed by atoms with Crippen LogP contribution in [0.25, 0.3) is 0 Å². The Morgan fingerprint density at radius 2 is 1.95 bits per heavy atom. The fraction of sp³-hybridized carbons (Fsp3) is 0.143. The van der Waals surface area contributed by atoms with E-state index in [-0.39, 0.29) is 11.7 Å². The Morgan fingerprint density at radius 3 is 2.52 bits per heavy atom. The zero-order chi connectivity index (χ0) is 15.6. The molecule has 1 unspecified atom stereocenters. The second-order valence-corrected chi connectivity index (χ2v) is 6.46. The van der Waals surface area contributed by atoms with Gasteiger partial charge in [0.1, 0.15) is 0 Å². The van der Waals surface area contributed by atoms with E-state index in [0.29, 0.717) is 13.6 Å². The van der Waals surface area contributed by atoms with Crippen LogP contribution in [0.4, 0.5) is 11.4 Å². The van der Waals surface area contributed by atoms with Crippen LogP contribution in [-0.4, -0.2) is 4.92 Å². The average Bonchev–Trinajstić information content (AvgIpc) is 2.37. The van der Waals surface area contributed by atoms with Gasteiger partial charge < -0.3 is 5.32 Å². The highest BCUT2D eigenvalue weighted by Gasteiger charge is 2.14. The van der Waals surface area contributed by atoms with Crippen LogP contribution >= 0.6 is 45.8 Å². The molecular formula is C14H11Cl2IN2O2. The number of nitro benzene ring substituents is 1. The summed E-state index contributed by atoms with van der Waals surface area (Å²) in [5, 5.41) is 15.2. The van der Waals surface area contributed by atoms with Crippen LogP contribution in [-0.2, 0) is 0 Å². The van der Waals surface area contributed by atoms with E-state index in [0.717, 1.165) is 11.3 Å². The first-order valence-electron chi connectivity index (χ1n) is 6.04. The number of nitrogens with one attached hydrogen (secondary N) is 1. The normalized spacial score (nSPS) is 12.0. The van der Waals surface area contributed by atoms with E-state index in [1.807, 2.05) is 35.6 Å². The molecule has 0 aliphatic carbocycles. The summed E-state index contributed by atoms with van der Waals surface area (Å²) in [6.45, 7) is 1.96. The summed E-state index contributed by atoms with van der Waals surface area (Å²) in [5.74, 6) is 0. The molecule has 0 saturated carbocycles. The first-order chi connectivity index (χ1) is 9.88. The summed E-state index contributed by atoms with van der Waals surface area (Å²) < 4.78 is 0.581. The molecule has 110 valence electrons. The van der Waals surface area contributed by atoms with Gasteiger partial charge in [0.25, 0.3) is 5.69 Å². The maximum atomic E-state index is 10.8. The number of hydrogen-bond acceptors (Lipinski definition) is 3. The summed E-state index contributed by atoms with van der Waals surface area (Å²) in [5.41, 5.74) is 1.80. The monoisotopic (exact) mass is 436 g/mol. The van der Waals surface area contributed by atoms with Crippen molar-refractivity contribution in [1.82, 2.24) is 0 Å². The lowest BCUT2D eigenvalue weighted by atomic mass is 10.1. The molecule has 1 N–H and O–H groups in total. The average molecular weight is 437 g/mol. The summed E-state index contributed by atoms with van der Waals surface area (Å²) in [7, 11) is 0. The van der Waals surface area contributed by atoms with Gasteiger partial charge in [-0.05, 0) is 59.3 Å². The number of halogens is 3. The number of hydrogen-bond donors (Lipinski definition) is 1. The maximum Gasteiger partial charge on any atom is 0.282 e. The Hall–Kier alpha value is -1.05. The first-order valence-corrected chi connectivity index (χ1v) is 7.87. The summed E-state index contributed by atoms with van der Waals surface area (Å²) in [6, 6.07) is 10.2. The van der Waals surface area contributed by atoms with Gasteiger partial charge in [-0.15, -0.1) is 0 Å². The van der Waals surface area contributed by atoms with Crippen LogP contribution in [0.5, 0.6) is 0 Å². The van der Waals surface area contributed by atoms with Crippen molar-refractivity contribution in [2.24, 2.45) is 0 Å². The first kappa shape index (κ1) is 16.3. The van der Waals surface area contributed by atoms with Crippen molar-refractivity contribution < 1.29 is 4.92 Å². The van der Waals surface area contributed by atoms with Crippen molar-refractivity contribution in [2.75, 3.05) is 5.32 Å². The molecule has 21 heavy (non-hydrogen) atoms. The van der Waals surface area contributed by atoms with Crippen molar-refractivity contribution >= 4 is 57.2 Å². The van der Waals surface area contributed by atoms with Gasteiger partial charge in [-0.1, -0.05) is 29.3 Å². The highest BCUT2D eigenvalue weighted by atomic mass is 127. The third-order valence-electron chi connectivity index (χ3n) is 2.96. The molecule has 1 atom stereocenters. The van der Waals surface area contributed by atoms with Crippen LogP contribution in [0.1, 0.15) is 18.5 Å². The van der Waals surface area contributed by atoms with E-state index in [1.54, 1.807) is 24.3 Å². The van der Waals surface area contributed by atoms with Gasteiger partial charge in [0.2, 0.25) is 0 Å². The van der Waals surface area contributed by atoms with Gasteiger partial charge in [-0.2, -0.15) is 0 Å². The topological polar surface area (TPSA) is 55.2 Å². The Labute approximate surface area is 145 Å². The smallest absolute Gasteiger partial charge is 0.282 e. The quantitative estimate of drug-likeness (QED) is 0.381. The molecule has 0 aliphatic heterocycles. The number of benzene rings is 2. The van der Waals surface area contributed by atoms with Crippen molar-refractivity contribution in [2.45, 2.75) is 13.0 Å². The Bertz CT molecular complexity index is 695. The second-order valence-electron chi connectivity index (χ2n) is 4.46. The minimum absolute atomic E-state index is 0.0491. The molecule has 2 aromatic rings. The van der Waals surface area contributed by atoms with E-state index in [4.69, 9.17) is 23.2 Å². The molecule has 4 nitrogen and oxygen atoms in total. The SMILES string of the molecule is CC(Nc1ccc([N+](=O)[O-])c(I)c1)c1ccc(Cl)cc1Cl. The summed E-state index contributed by atoms with van der Waals surface area (Å²) in [6.07, 6.45) is 0. The molecule has 0 saturated heterocycles. The van der Waals surface area contributed by atoms with E-state index in [9.17, 15) is 10.1 Å². The number of rotatable bonds is 4. The summed E-state index contributed by atoms with van der Waals surface area (Å²) >= 11 is 14.0. The Kier molecular flexibility index (Phi) is 5.29. The number of anilines is 1. The van der Waals surface area contributed by atoms with E-state index >= 15 is 0 Å². The lowest BCUT2D eigenvalue weighted by molar-refractivity contribution is -0.385. The van der Waals surface area contributed by atoms with E-state index in [2.05, 4.69) is 5.32 Å². The van der Waals surface area contributed by atoms with Crippen LogP contribution in [0.3, 0.4) is 0 Å². The zero-order valence-corrected chi connectivity index (χ0v) is 14.6. The Morgan fingerprint density at radius 1 is 1.24 bits per heavy atom. The van der Waals surface area contributed by atoms with Gasteiger partial charge >= 0.3 is 0 Å². The van der Waals surface area contributed by atoms with Crippen molar-refractivity contribution in [3.63, 3.8) is 0 Å². The van der Waals surface area contributed by atoms with Gasteiger partial charge in [0.05, 0.1) is 8.49 Å². The molecule has 7 heteroatoms. The molecule has 0 bridgehead atoms. The van der Waals surface area contributed by atoms with Crippen LogP contribution in [0.15, 0.2) is 36.4 Å². The second kappa shape index (κ2) is 6.81. The molecule has 0 fully saturated rings. The van der Waals surface area contributed by atoms with E-state index in [1.165, 1.54) is 6.07 Å². The minimum atomic E-state index is -0.398. The molecule has 0 aliphatic rings. The minimum Gasteiger partial charge on any atom is -0.378 e. The van der Waals surface area contributed by atoms with Gasteiger partial charge in [-0.3, -0.25) is 10.1 Å². The summed E-state index contributed by atoms with van der Waals surface area (Å²) in [4.78, 5) is 10.4. The molecule has 0 radical (unpaired) electrons. The molecule has 0 amide bonds. The molecule has 0 heterocycles. The van der Waals surface area contributed by atoms with Crippen molar-refractivity contribution in [3.8, 4) is 0 Å². The maximum absolute atomic E-state index is 10.8. The fourth-order valence-corrected chi connectivity index (χ4v) is 3.21. The number of nitro groups is 1. The molecule has 0 aromatic heterocycles. The highest BCUT2D eigenvalue weighted by molar-refractivity contribution is 14.1. The molecular weight excluding hydrogens is 426 g/mol. The third-order valence-corrected chi connectivity index (χ3v) is 4.38. The fourth-order valence-electron chi connectivity index (χ4n) is 1.93. The highest BCUT2D eigenvalue weighted by Crippen LogP contribution is 2.30. The van der Waals surface area contributed by atoms with Gasteiger partial charge in [-0.25, -0.2) is 0 Å². The standard InChI is InChI=1S/C14H11Cl2IN2O2/c1-8(11-4-2-9(15)6-12(11)16)18-10-3-5-14(19(20)21)13(17)7-10/h2-8,18H,1H3. The Balaban J connectivity index is 2.21. The van der Waals surface area contributed by atoms with Crippen LogP contribution in [0.2, 0.25) is 10.0 Å². The lowest BCUT2D eigenvalue weighted by Crippen LogP contribution is -2.07. The predicted molar refractivity (Wildman–Crippen MR) is 94.3 cm³/mol. The van der Waals surface area contributed by atoms with Crippen LogP contribution < -0.4 is 5.32 Å². The van der Waals surface area contributed by atoms with Crippen LogP contribution in [0, 0.1) is 13.7 Å². The van der Waals surface area contributed by atoms with E-state index < -0.39 is 4.92 Å². The van der Waals surface area contributed by atoms with Crippen molar-refractivity contribution in [3.05, 3.63) is 65.7 Å².